The summed E-state index contributed by atoms with van der Waals surface area (Å²) >= 11 is 0. The Morgan fingerprint density at radius 2 is 0.886 bits per heavy atom. The van der Waals surface area contributed by atoms with Gasteiger partial charge in [-0.1, -0.05) is 109 Å². The zero-order chi connectivity index (χ0) is 29.0. The van der Waals surface area contributed by atoms with Crippen LogP contribution in [0.5, 0.6) is 0 Å². The second kappa shape index (κ2) is 9.82. The molecule has 0 radical (unpaired) electrons. The highest BCUT2D eigenvalue weighted by Gasteiger charge is 2.16. The van der Waals surface area contributed by atoms with E-state index >= 15 is 0 Å². The number of nitrogens with zero attached hydrogens (tertiary/aromatic N) is 3. The van der Waals surface area contributed by atoms with Gasteiger partial charge in [-0.2, -0.15) is 0 Å². The third-order valence-corrected chi connectivity index (χ3v) is 8.77. The number of fused-ring (bicyclic) bond motifs is 6. The molecule has 0 saturated heterocycles. The largest absolute Gasteiger partial charge is 0.309 e. The third kappa shape index (κ3) is 3.80. The average molecular weight is 562 g/mol. The van der Waals surface area contributed by atoms with Crippen LogP contribution < -0.4 is 0 Å². The van der Waals surface area contributed by atoms with Crippen LogP contribution >= 0.6 is 0 Å². The number of pyridine rings is 1. The summed E-state index contributed by atoms with van der Waals surface area (Å²) in [6.07, 6.45) is 2.02. The summed E-state index contributed by atoms with van der Waals surface area (Å²) in [4.78, 5) is 5.07. The normalized spacial score (nSPS) is 11.6. The van der Waals surface area contributed by atoms with Gasteiger partial charge in [-0.3, -0.25) is 4.57 Å². The fraction of sp³-hybridized carbons (Fsp3) is 0. The molecule has 3 nitrogen and oxygen atoms in total. The number of hydrogen-bond acceptors (Lipinski definition) is 1. The Morgan fingerprint density at radius 3 is 1.64 bits per heavy atom. The molecule has 0 spiro atoms. The van der Waals surface area contributed by atoms with Crippen molar-refractivity contribution in [1.29, 1.82) is 0 Å². The lowest BCUT2D eigenvalue weighted by Crippen LogP contribution is -1.95. The Morgan fingerprint density at radius 1 is 0.341 bits per heavy atom. The minimum Gasteiger partial charge on any atom is -0.309 e. The highest BCUT2D eigenvalue weighted by Crippen LogP contribution is 2.37. The van der Waals surface area contributed by atoms with Gasteiger partial charge in [0.05, 0.1) is 16.6 Å². The molecule has 0 aliphatic heterocycles. The maximum absolute atomic E-state index is 5.07. The molecule has 0 unspecified atom stereocenters. The van der Waals surface area contributed by atoms with E-state index in [9.17, 15) is 0 Å². The highest BCUT2D eigenvalue weighted by molar-refractivity contribution is 6.11. The summed E-state index contributed by atoms with van der Waals surface area (Å²) in [6, 6.07) is 56.3. The molecule has 0 aliphatic rings. The maximum Gasteiger partial charge on any atom is 0.145 e. The molecule has 9 aromatic rings. The predicted octanol–water partition coefficient (Wildman–Crippen LogP) is 10.6. The first kappa shape index (κ1) is 24.6. The Bertz CT molecular complexity index is 2470. The summed E-state index contributed by atoms with van der Waals surface area (Å²) < 4.78 is 4.64. The van der Waals surface area contributed by atoms with Crippen LogP contribution in [0.3, 0.4) is 0 Å². The SMILES string of the molecule is c1ccc(-c2ccc(-n3c4ccccc4c4ccc(-c5cnc6c(c5)c5ccccc5n6-c5ccccc5)cc43)cc2)cc1. The molecule has 3 aromatic heterocycles. The van der Waals surface area contributed by atoms with E-state index in [-0.39, 0.29) is 0 Å². The van der Waals surface area contributed by atoms with Crippen LogP contribution in [0.25, 0.3) is 77.4 Å². The third-order valence-electron chi connectivity index (χ3n) is 8.77. The summed E-state index contributed by atoms with van der Waals surface area (Å²) in [6.45, 7) is 0. The molecule has 44 heavy (non-hydrogen) atoms. The minimum atomic E-state index is 0.967. The minimum absolute atomic E-state index is 0.967. The molecule has 206 valence electrons. The van der Waals surface area contributed by atoms with E-state index in [0.29, 0.717) is 0 Å². The van der Waals surface area contributed by atoms with Crippen LogP contribution in [0.2, 0.25) is 0 Å². The van der Waals surface area contributed by atoms with E-state index in [1.807, 2.05) is 6.20 Å². The van der Waals surface area contributed by atoms with Crippen LogP contribution in [0.4, 0.5) is 0 Å². The van der Waals surface area contributed by atoms with Crippen molar-refractivity contribution in [2.24, 2.45) is 0 Å². The molecular formula is C41H27N3. The number of benzene rings is 6. The monoisotopic (exact) mass is 561 g/mol. The second-order valence-electron chi connectivity index (χ2n) is 11.3. The summed E-state index contributed by atoms with van der Waals surface area (Å²) in [5.74, 6) is 0. The van der Waals surface area contributed by atoms with Gasteiger partial charge in [0.1, 0.15) is 5.65 Å². The van der Waals surface area contributed by atoms with Crippen LogP contribution in [-0.2, 0) is 0 Å². The first-order chi connectivity index (χ1) is 21.8. The molecule has 0 saturated carbocycles. The van der Waals surface area contributed by atoms with Crippen molar-refractivity contribution in [2.75, 3.05) is 0 Å². The fourth-order valence-electron chi connectivity index (χ4n) is 6.70. The Labute approximate surface area is 254 Å². The zero-order valence-corrected chi connectivity index (χ0v) is 23.9. The lowest BCUT2D eigenvalue weighted by molar-refractivity contribution is 1.14. The number of hydrogen-bond donors (Lipinski definition) is 0. The van der Waals surface area contributed by atoms with Gasteiger partial charge in [0.2, 0.25) is 0 Å². The summed E-state index contributed by atoms with van der Waals surface area (Å²) in [5, 5.41) is 4.85. The van der Waals surface area contributed by atoms with Crippen molar-refractivity contribution in [3.05, 3.63) is 164 Å². The molecule has 6 aromatic carbocycles. The first-order valence-electron chi connectivity index (χ1n) is 15.0. The molecule has 0 amide bonds. The predicted molar refractivity (Wildman–Crippen MR) is 184 cm³/mol. The average Bonchev–Trinajstić information content (AvgIpc) is 3.61. The Kier molecular flexibility index (Phi) is 5.50. The van der Waals surface area contributed by atoms with Crippen LogP contribution in [0.15, 0.2) is 164 Å². The second-order valence-corrected chi connectivity index (χ2v) is 11.3. The van der Waals surface area contributed by atoms with Crippen LogP contribution in [-0.4, -0.2) is 14.1 Å². The molecule has 3 heterocycles. The van der Waals surface area contributed by atoms with Gasteiger partial charge in [0, 0.05) is 44.7 Å². The summed E-state index contributed by atoms with van der Waals surface area (Å²) in [5.41, 5.74) is 11.5. The lowest BCUT2D eigenvalue weighted by Gasteiger charge is -2.11. The summed E-state index contributed by atoms with van der Waals surface area (Å²) in [7, 11) is 0. The number of para-hydroxylation sites is 3. The van der Waals surface area contributed by atoms with E-state index in [2.05, 4.69) is 167 Å². The van der Waals surface area contributed by atoms with E-state index < -0.39 is 0 Å². The number of rotatable bonds is 4. The molecule has 3 heteroatoms. The van der Waals surface area contributed by atoms with Crippen LogP contribution in [0, 0.1) is 0 Å². The Balaban J connectivity index is 1.23. The number of aromatic nitrogens is 3. The van der Waals surface area contributed by atoms with Crippen molar-refractivity contribution in [3.8, 4) is 33.6 Å². The van der Waals surface area contributed by atoms with Crippen molar-refractivity contribution in [3.63, 3.8) is 0 Å². The molecule has 0 fully saturated rings. The van der Waals surface area contributed by atoms with Crippen molar-refractivity contribution in [2.45, 2.75) is 0 Å². The van der Waals surface area contributed by atoms with Crippen LogP contribution in [0.1, 0.15) is 0 Å². The topological polar surface area (TPSA) is 22.8 Å². The zero-order valence-electron chi connectivity index (χ0n) is 23.9. The fourth-order valence-corrected chi connectivity index (χ4v) is 6.70. The lowest BCUT2D eigenvalue weighted by atomic mass is 10.0. The first-order valence-corrected chi connectivity index (χ1v) is 15.0. The molecule has 9 rings (SSSR count). The van der Waals surface area contributed by atoms with E-state index in [1.165, 1.54) is 38.3 Å². The molecular weight excluding hydrogens is 534 g/mol. The van der Waals surface area contributed by atoms with Gasteiger partial charge in [0.15, 0.2) is 0 Å². The quantitative estimate of drug-likeness (QED) is 0.210. The van der Waals surface area contributed by atoms with Crippen molar-refractivity contribution >= 4 is 43.7 Å². The van der Waals surface area contributed by atoms with Gasteiger partial charge in [-0.05, 0) is 65.2 Å². The van der Waals surface area contributed by atoms with Gasteiger partial charge in [0.25, 0.3) is 0 Å². The molecule has 0 N–H and O–H groups in total. The van der Waals surface area contributed by atoms with Crippen molar-refractivity contribution in [1.82, 2.24) is 14.1 Å². The maximum atomic E-state index is 5.07. The molecule has 0 atom stereocenters. The van der Waals surface area contributed by atoms with Gasteiger partial charge in [-0.25, -0.2) is 4.98 Å². The van der Waals surface area contributed by atoms with Gasteiger partial charge < -0.3 is 4.57 Å². The van der Waals surface area contributed by atoms with E-state index in [0.717, 1.165) is 39.1 Å². The van der Waals surface area contributed by atoms with Gasteiger partial charge in [-0.15, -0.1) is 0 Å². The standard InChI is InChI=1S/C41H27N3/c1-3-11-28(12-4-1)29-19-22-33(23-20-29)43-38-17-9-7-15-34(38)36-24-21-30(26-40(36)43)31-25-37-35-16-8-10-18-39(35)44(41(37)42-27-31)32-13-5-2-6-14-32/h1-27H. The highest BCUT2D eigenvalue weighted by atomic mass is 15.0. The van der Waals surface area contributed by atoms with Crippen molar-refractivity contribution < 1.29 is 0 Å². The smallest absolute Gasteiger partial charge is 0.145 e. The van der Waals surface area contributed by atoms with E-state index in [1.54, 1.807) is 0 Å². The van der Waals surface area contributed by atoms with Gasteiger partial charge >= 0.3 is 0 Å². The molecule has 0 bridgehead atoms. The molecule has 0 aliphatic carbocycles. The Hall–Kier alpha value is -5.93. The van der Waals surface area contributed by atoms with E-state index in [4.69, 9.17) is 4.98 Å².